The van der Waals surface area contributed by atoms with E-state index in [1.54, 1.807) is 7.11 Å². The van der Waals surface area contributed by atoms with Crippen LogP contribution in [0.1, 0.15) is 43.7 Å². The van der Waals surface area contributed by atoms with Gasteiger partial charge in [-0.2, -0.15) is 0 Å². The quantitative estimate of drug-likeness (QED) is 0.809. The van der Waals surface area contributed by atoms with Crippen LogP contribution in [-0.2, 0) is 9.53 Å². The van der Waals surface area contributed by atoms with Crippen molar-refractivity contribution in [3.8, 4) is 0 Å². The second-order valence-electron chi connectivity index (χ2n) is 5.80. The molecule has 2 rings (SSSR count). The first kappa shape index (κ1) is 18.9. The van der Waals surface area contributed by atoms with Crippen LogP contribution >= 0.6 is 12.4 Å². The summed E-state index contributed by atoms with van der Waals surface area (Å²) in [7, 11) is 1.59. The summed E-state index contributed by atoms with van der Waals surface area (Å²) in [4.78, 5) is 12.3. The highest BCUT2D eigenvalue weighted by Gasteiger charge is 2.28. The number of ether oxygens (including phenoxy) is 1. The van der Waals surface area contributed by atoms with Gasteiger partial charge < -0.3 is 15.8 Å². The molecule has 0 heterocycles. The van der Waals surface area contributed by atoms with Gasteiger partial charge in [0.2, 0.25) is 5.91 Å². The summed E-state index contributed by atoms with van der Waals surface area (Å²) in [6, 6.07) is 10.4. The zero-order valence-electron chi connectivity index (χ0n) is 13.2. The molecule has 1 amide bonds. The van der Waals surface area contributed by atoms with Gasteiger partial charge in [-0.3, -0.25) is 4.79 Å². The minimum absolute atomic E-state index is 0. The number of carbonyl (C=O) groups excluding carboxylic acids is 1. The summed E-state index contributed by atoms with van der Waals surface area (Å²) in [6.07, 6.45) is 5.00. The van der Waals surface area contributed by atoms with Crippen LogP contribution in [0.5, 0.6) is 0 Å². The van der Waals surface area contributed by atoms with Gasteiger partial charge in [0.15, 0.2) is 0 Å². The summed E-state index contributed by atoms with van der Waals surface area (Å²) < 4.78 is 5.20. The smallest absolute Gasteiger partial charge is 0.223 e. The van der Waals surface area contributed by atoms with Crippen molar-refractivity contribution in [2.24, 2.45) is 11.7 Å². The van der Waals surface area contributed by atoms with E-state index < -0.39 is 0 Å². The van der Waals surface area contributed by atoms with Crippen molar-refractivity contribution in [1.29, 1.82) is 0 Å². The molecule has 1 aliphatic carbocycles. The molecule has 2 atom stereocenters. The van der Waals surface area contributed by atoms with Crippen LogP contribution < -0.4 is 11.1 Å². The third-order valence-electron chi connectivity index (χ3n) is 4.36. The zero-order valence-corrected chi connectivity index (χ0v) is 14.0. The van der Waals surface area contributed by atoms with E-state index in [-0.39, 0.29) is 30.5 Å². The molecule has 0 radical (unpaired) electrons. The molecule has 22 heavy (non-hydrogen) atoms. The van der Waals surface area contributed by atoms with Gasteiger partial charge in [0, 0.05) is 13.7 Å². The van der Waals surface area contributed by atoms with E-state index in [2.05, 4.69) is 17.4 Å². The Labute approximate surface area is 139 Å². The molecule has 1 aromatic rings. The lowest BCUT2D eigenvalue weighted by atomic mass is 9.91. The summed E-state index contributed by atoms with van der Waals surface area (Å²) in [5.41, 5.74) is 6.78. The van der Waals surface area contributed by atoms with E-state index in [1.165, 1.54) is 31.2 Å². The standard InChI is InChI=1S/C17H26N2O2.ClH/c1-21-15(12-18)11-16(20)19-17(14-9-5-6-10-14)13-7-3-2-4-8-13;/h2-4,7-8,14-15,17H,5-6,9-12,18H2,1H3,(H,19,20);1H. The lowest BCUT2D eigenvalue weighted by Gasteiger charge is -2.26. The Morgan fingerprint density at radius 1 is 1.32 bits per heavy atom. The molecule has 1 aromatic carbocycles. The highest BCUT2D eigenvalue weighted by atomic mass is 35.5. The van der Waals surface area contributed by atoms with E-state index in [1.807, 2.05) is 18.2 Å². The van der Waals surface area contributed by atoms with Crippen molar-refractivity contribution in [2.75, 3.05) is 13.7 Å². The molecule has 1 fully saturated rings. The van der Waals surface area contributed by atoms with Gasteiger partial charge in [0.1, 0.15) is 0 Å². The maximum absolute atomic E-state index is 12.3. The van der Waals surface area contributed by atoms with E-state index in [4.69, 9.17) is 10.5 Å². The number of halogens is 1. The van der Waals surface area contributed by atoms with Crippen molar-refractivity contribution in [2.45, 2.75) is 44.2 Å². The van der Waals surface area contributed by atoms with E-state index in [0.717, 1.165) is 0 Å². The molecule has 0 saturated heterocycles. The second-order valence-corrected chi connectivity index (χ2v) is 5.80. The van der Waals surface area contributed by atoms with E-state index in [9.17, 15) is 4.79 Å². The van der Waals surface area contributed by atoms with Crippen molar-refractivity contribution in [3.05, 3.63) is 35.9 Å². The number of hydrogen-bond donors (Lipinski definition) is 2. The van der Waals surface area contributed by atoms with Crippen molar-refractivity contribution in [3.63, 3.8) is 0 Å². The number of benzene rings is 1. The van der Waals surface area contributed by atoms with Crippen LogP contribution in [0.4, 0.5) is 0 Å². The first-order valence-corrected chi connectivity index (χ1v) is 7.81. The van der Waals surface area contributed by atoms with Gasteiger partial charge >= 0.3 is 0 Å². The van der Waals surface area contributed by atoms with Crippen molar-refractivity contribution < 1.29 is 9.53 Å². The molecular formula is C17H27ClN2O2. The Kier molecular flexibility index (Phi) is 8.46. The molecule has 124 valence electrons. The molecular weight excluding hydrogens is 300 g/mol. The molecule has 0 aliphatic heterocycles. The first-order valence-electron chi connectivity index (χ1n) is 7.81. The molecule has 5 heteroatoms. The van der Waals surface area contributed by atoms with Gasteiger partial charge in [-0.1, -0.05) is 43.2 Å². The van der Waals surface area contributed by atoms with Crippen LogP contribution in [0.25, 0.3) is 0 Å². The van der Waals surface area contributed by atoms with Gasteiger partial charge in [-0.15, -0.1) is 12.4 Å². The zero-order chi connectivity index (χ0) is 15.1. The lowest BCUT2D eigenvalue weighted by molar-refractivity contribution is -0.124. The maximum atomic E-state index is 12.3. The van der Waals surface area contributed by atoms with E-state index in [0.29, 0.717) is 18.9 Å². The Bertz CT molecular complexity index is 432. The largest absolute Gasteiger partial charge is 0.380 e. The summed E-state index contributed by atoms with van der Waals surface area (Å²) in [5, 5.41) is 3.20. The second kappa shape index (κ2) is 9.82. The molecule has 0 spiro atoms. The van der Waals surface area contributed by atoms with Crippen LogP contribution in [0.2, 0.25) is 0 Å². The third kappa shape index (κ3) is 5.27. The van der Waals surface area contributed by atoms with Gasteiger partial charge in [0.05, 0.1) is 18.6 Å². The third-order valence-corrected chi connectivity index (χ3v) is 4.36. The fourth-order valence-corrected chi connectivity index (χ4v) is 3.13. The highest BCUT2D eigenvalue weighted by Crippen LogP contribution is 2.35. The predicted octanol–water partition coefficient (Wildman–Crippen LogP) is 2.82. The molecule has 3 N–H and O–H groups in total. The predicted molar refractivity (Wildman–Crippen MR) is 91.0 cm³/mol. The number of amides is 1. The molecule has 1 saturated carbocycles. The fraction of sp³-hybridized carbons (Fsp3) is 0.588. The SMILES string of the molecule is COC(CN)CC(=O)NC(c1ccccc1)C1CCCC1.Cl. The van der Waals surface area contributed by atoms with Crippen molar-refractivity contribution in [1.82, 2.24) is 5.32 Å². The van der Waals surface area contributed by atoms with Gasteiger partial charge in [-0.25, -0.2) is 0 Å². The maximum Gasteiger partial charge on any atom is 0.223 e. The molecule has 1 aliphatic rings. The lowest BCUT2D eigenvalue weighted by Crippen LogP contribution is -2.36. The van der Waals surface area contributed by atoms with Crippen LogP contribution in [-0.4, -0.2) is 25.7 Å². The van der Waals surface area contributed by atoms with Crippen molar-refractivity contribution >= 4 is 18.3 Å². The van der Waals surface area contributed by atoms with Crippen LogP contribution in [0.15, 0.2) is 30.3 Å². The van der Waals surface area contributed by atoms with Gasteiger partial charge in [0.25, 0.3) is 0 Å². The van der Waals surface area contributed by atoms with Crippen LogP contribution in [0.3, 0.4) is 0 Å². The summed E-state index contributed by atoms with van der Waals surface area (Å²) >= 11 is 0. The van der Waals surface area contributed by atoms with Gasteiger partial charge in [-0.05, 0) is 24.3 Å². The number of nitrogens with one attached hydrogen (secondary N) is 1. The minimum atomic E-state index is -0.204. The average molecular weight is 327 g/mol. The fourth-order valence-electron chi connectivity index (χ4n) is 3.13. The summed E-state index contributed by atoms with van der Waals surface area (Å²) in [6.45, 7) is 0.364. The Morgan fingerprint density at radius 3 is 2.50 bits per heavy atom. The number of rotatable bonds is 7. The monoisotopic (exact) mass is 326 g/mol. The molecule has 0 aromatic heterocycles. The van der Waals surface area contributed by atoms with E-state index >= 15 is 0 Å². The first-order chi connectivity index (χ1) is 10.2. The number of hydrogen-bond acceptors (Lipinski definition) is 3. The normalized spacial score (nSPS) is 17.5. The van der Waals surface area contributed by atoms with Crippen LogP contribution in [0, 0.1) is 5.92 Å². The Balaban J connectivity index is 0.00000242. The minimum Gasteiger partial charge on any atom is -0.380 e. The molecule has 4 nitrogen and oxygen atoms in total. The molecule has 0 bridgehead atoms. The highest BCUT2D eigenvalue weighted by molar-refractivity contribution is 5.85. The number of methoxy groups -OCH3 is 1. The summed E-state index contributed by atoms with van der Waals surface area (Å²) in [5.74, 6) is 0.559. The molecule has 2 unspecified atom stereocenters. The number of carbonyl (C=O) groups is 1. The Hall–Kier alpha value is -1.10. The average Bonchev–Trinajstić information content (AvgIpc) is 3.05. The number of nitrogens with two attached hydrogens (primary N) is 1. The Morgan fingerprint density at radius 2 is 1.95 bits per heavy atom. The topological polar surface area (TPSA) is 64.3 Å².